The molecular weight excluding hydrogens is 212 g/mol. The quantitative estimate of drug-likeness (QED) is 0.748. The monoisotopic (exact) mass is 226 g/mol. The van der Waals surface area contributed by atoms with E-state index in [-0.39, 0.29) is 5.91 Å². The van der Waals surface area contributed by atoms with Crippen molar-refractivity contribution < 1.29 is 4.79 Å². The van der Waals surface area contributed by atoms with E-state index in [1.54, 1.807) is 0 Å². The van der Waals surface area contributed by atoms with Crippen molar-refractivity contribution in [3.63, 3.8) is 0 Å². The van der Waals surface area contributed by atoms with E-state index in [1.807, 2.05) is 43.0 Å². The van der Waals surface area contributed by atoms with E-state index in [4.69, 9.17) is 0 Å². The summed E-state index contributed by atoms with van der Waals surface area (Å²) in [5.74, 6) is 0.123. The van der Waals surface area contributed by atoms with Crippen molar-refractivity contribution in [1.29, 1.82) is 0 Å². The van der Waals surface area contributed by atoms with E-state index < -0.39 is 0 Å². The van der Waals surface area contributed by atoms with E-state index in [2.05, 4.69) is 4.98 Å². The van der Waals surface area contributed by atoms with Crippen LogP contribution < -0.4 is 0 Å². The highest BCUT2D eigenvalue weighted by atomic mass is 16.2. The van der Waals surface area contributed by atoms with E-state index in [0.717, 1.165) is 34.3 Å². The minimum absolute atomic E-state index is 0.123. The molecule has 0 saturated heterocycles. The Kier molecular flexibility index (Phi) is 2.15. The molecule has 0 N–H and O–H groups in total. The molecule has 2 aromatic rings. The molecule has 0 radical (unpaired) electrons. The fraction of sp³-hybridized carbons (Fsp3) is 0.286. The Bertz CT molecular complexity index is 619. The molecule has 0 aliphatic carbocycles. The van der Waals surface area contributed by atoms with E-state index in [0.29, 0.717) is 6.54 Å². The Morgan fingerprint density at radius 2 is 2.12 bits per heavy atom. The summed E-state index contributed by atoms with van der Waals surface area (Å²) in [5, 5.41) is 1.08. The lowest BCUT2D eigenvalue weighted by atomic mass is 10.0. The molecule has 0 bridgehead atoms. The smallest absolute Gasteiger partial charge is 0.256 e. The van der Waals surface area contributed by atoms with Gasteiger partial charge in [0.1, 0.15) is 0 Å². The normalized spacial score (nSPS) is 14.5. The summed E-state index contributed by atoms with van der Waals surface area (Å²) in [5.41, 5.74) is 3.78. The molecule has 0 fully saturated rings. The van der Waals surface area contributed by atoms with E-state index >= 15 is 0 Å². The molecule has 1 aromatic carbocycles. The van der Waals surface area contributed by atoms with Gasteiger partial charge >= 0.3 is 0 Å². The molecule has 3 rings (SSSR count). The molecule has 0 unspecified atom stereocenters. The molecule has 0 atom stereocenters. The van der Waals surface area contributed by atoms with Crippen LogP contribution in [0.15, 0.2) is 24.3 Å². The van der Waals surface area contributed by atoms with Gasteiger partial charge in [-0.1, -0.05) is 18.2 Å². The van der Waals surface area contributed by atoms with Crippen LogP contribution in [0.2, 0.25) is 0 Å². The van der Waals surface area contributed by atoms with Crippen LogP contribution in [0.4, 0.5) is 0 Å². The average molecular weight is 226 g/mol. The first kappa shape index (κ1) is 10.3. The predicted octanol–water partition coefficient (Wildman–Crippen LogP) is 2.52. The van der Waals surface area contributed by atoms with Crippen molar-refractivity contribution in [2.24, 2.45) is 0 Å². The van der Waals surface area contributed by atoms with Crippen molar-refractivity contribution in [2.75, 3.05) is 6.54 Å². The zero-order chi connectivity index (χ0) is 12.0. The van der Waals surface area contributed by atoms with Gasteiger partial charge in [-0.15, -0.1) is 0 Å². The molecule has 17 heavy (non-hydrogen) atoms. The predicted molar refractivity (Wildman–Crippen MR) is 66.9 cm³/mol. The third-order valence-corrected chi connectivity index (χ3v) is 3.45. The van der Waals surface area contributed by atoms with Gasteiger partial charge in [-0.3, -0.25) is 9.78 Å². The Labute approximate surface area is 100 Å². The number of aromatic nitrogens is 1. The molecule has 2 heterocycles. The number of rotatable bonds is 1. The molecule has 3 heteroatoms. The molecule has 1 aliphatic heterocycles. The number of carbonyl (C=O) groups is 1. The van der Waals surface area contributed by atoms with Gasteiger partial charge in [0.2, 0.25) is 0 Å². The number of aryl methyl sites for hydroxylation is 1. The Morgan fingerprint density at radius 3 is 2.88 bits per heavy atom. The third kappa shape index (κ3) is 1.35. The Morgan fingerprint density at radius 1 is 1.35 bits per heavy atom. The summed E-state index contributed by atoms with van der Waals surface area (Å²) in [4.78, 5) is 18.6. The molecule has 0 saturated carbocycles. The van der Waals surface area contributed by atoms with Gasteiger partial charge < -0.3 is 4.90 Å². The van der Waals surface area contributed by atoms with E-state index in [1.165, 1.54) is 0 Å². The average Bonchev–Trinajstić information content (AvgIpc) is 2.66. The van der Waals surface area contributed by atoms with Crippen LogP contribution in [0, 0.1) is 6.92 Å². The first-order valence-electron chi connectivity index (χ1n) is 5.90. The van der Waals surface area contributed by atoms with Gasteiger partial charge in [0.05, 0.1) is 23.3 Å². The van der Waals surface area contributed by atoms with Crippen LogP contribution >= 0.6 is 0 Å². The van der Waals surface area contributed by atoms with Gasteiger partial charge in [-0.25, -0.2) is 0 Å². The van der Waals surface area contributed by atoms with Gasteiger partial charge in [0, 0.05) is 11.9 Å². The fourth-order valence-corrected chi connectivity index (χ4v) is 2.51. The van der Waals surface area contributed by atoms with Crippen molar-refractivity contribution >= 4 is 16.8 Å². The van der Waals surface area contributed by atoms with E-state index in [9.17, 15) is 4.79 Å². The minimum atomic E-state index is 0.123. The third-order valence-electron chi connectivity index (χ3n) is 3.45. The van der Waals surface area contributed by atoms with Gasteiger partial charge in [-0.05, 0) is 25.5 Å². The number of pyridine rings is 1. The summed E-state index contributed by atoms with van der Waals surface area (Å²) < 4.78 is 0. The van der Waals surface area contributed by atoms with Gasteiger partial charge in [0.25, 0.3) is 5.91 Å². The maximum Gasteiger partial charge on any atom is 0.256 e. The summed E-state index contributed by atoms with van der Waals surface area (Å²) >= 11 is 0. The molecular formula is C14H14N2O. The Hall–Kier alpha value is -1.90. The first-order chi connectivity index (χ1) is 8.22. The van der Waals surface area contributed by atoms with Crippen LogP contribution in [0.5, 0.6) is 0 Å². The molecule has 86 valence electrons. The summed E-state index contributed by atoms with van der Waals surface area (Å²) in [6.07, 6.45) is 0. The number of amides is 1. The van der Waals surface area contributed by atoms with Crippen LogP contribution in [0.25, 0.3) is 10.9 Å². The molecule has 1 amide bonds. The zero-order valence-corrected chi connectivity index (χ0v) is 10.0. The first-order valence-corrected chi connectivity index (χ1v) is 5.90. The highest BCUT2D eigenvalue weighted by Gasteiger charge is 2.29. The maximum absolute atomic E-state index is 12.2. The second kappa shape index (κ2) is 3.55. The lowest BCUT2D eigenvalue weighted by Gasteiger charge is -2.10. The van der Waals surface area contributed by atoms with Gasteiger partial charge in [-0.2, -0.15) is 0 Å². The number of benzene rings is 1. The van der Waals surface area contributed by atoms with Crippen LogP contribution in [-0.2, 0) is 6.54 Å². The van der Waals surface area contributed by atoms with Gasteiger partial charge in [0.15, 0.2) is 0 Å². The molecule has 0 spiro atoms. The number of carbonyl (C=O) groups excluding carboxylic acids is 1. The van der Waals surface area contributed by atoms with Crippen LogP contribution in [0.1, 0.15) is 28.5 Å². The van der Waals surface area contributed by atoms with Crippen molar-refractivity contribution in [3.05, 3.63) is 41.1 Å². The number of hydrogen-bond donors (Lipinski definition) is 0. The van der Waals surface area contributed by atoms with Crippen molar-refractivity contribution in [2.45, 2.75) is 20.4 Å². The lowest BCUT2D eigenvalue weighted by molar-refractivity contribution is 0.0786. The zero-order valence-electron chi connectivity index (χ0n) is 10.0. The van der Waals surface area contributed by atoms with Crippen LogP contribution in [0.3, 0.4) is 0 Å². The number of nitrogens with zero attached hydrogens (tertiary/aromatic N) is 2. The topological polar surface area (TPSA) is 33.2 Å². The maximum atomic E-state index is 12.2. The lowest BCUT2D eigenvalue weighted by Crippen LogP contribution is -2.23. The summed E-state index contributed by atoms with van der Waals surface area (Å²) in [6.45, 7) is 5.40. The number of hydrogen-bond acceptors (Lipinski definition) is 2. The van der Waals surface area contributed by atoms with Crippen molar-refractivity contribution in [1.82, 2.24) is 9.88 Å². The van der Waals surface area contributed by atoms with Crippen molar-refractivity contribution in [3.8, 4) is 0 Å². The second-order valence-corrected chi connectivity index (χ2v) is 4.39. The number of para-hydroxylation sites is 1. The molecule has 3 nitrogen and oxygen atoms in total. The number of fused-ring (bicyclic) bond motifs is 2. The fourth-order valence-electron chi connectivity index (χ4n) is 2.51. The second-order valence-electron chi connectivity index (χ2n) is 4.39. The summed E-state index contributed by atoms with van der Waals surface area (Å²) in [7, 11) is 0. The summed E-state index contributed by atoms with van der Waals surface area (Å²) in [6, 6.07) is 8.00. The minimum Gasteiger partial charge on any atom is -0.333 e. The highest BCUT2D eigenvalue weighted by molar-refractivity contribution is 6.03. The molecule has 1 aliphatic rings. The molecule has 1 aromatic heterocycles. The standard InChI is InChI=1S/C14H14N2O/c1-3-16-8-12-13(14(16)17)9(2)10-6-4-5-7-11(10)15-12/h4-7H,3,8H2,1-2H3. The Balaban J connectivity index is 2.31. The largest absolute Gasteiger partial charge is 0.333 e. The SMILES string of the molecule is CCN1Cc2nc3ccccc3c(C)c2C1=O. The van der Waals surface area contributed by atoms with Crippen LogP contribution in [-0.4, -0.2) is 22.3 Å². The highest BCUT2D eigenvalue weighted by Crippen LogP contribution is 2.29.